The molecule has 2 saturated carbocycles. The molecular formula is C17H19ClN2. The minimum Gasteiger partial charge on any atom is -0.309 e. The van der Waals surface area contributed by atoms with Gasteiger partial charge in [-0.15, -0.1) is 0 Å². The largest absolute Gasteiger partial charge is 0.309 e. The van der Waals surface area contributed by atoms with E-state index in [0.717, 1.165) is 40.3 Å². The molecule has 0 atom stereocenters. The minimum absolute atomic E-state index is 0.726. The zero-order chi connectivity index (χ0) is 13.5. The molecule has 0 radical (unpaired) electrons. The standard InChI is InChI=1S/C17H19ClN2/c18-15-8-7-13(17-14(15)2-1-9-19-17)10-20-16(11-3-4-11)12-5-6-12/h1-2,7-9,11-12,16,20H,3-6,10H2. The highest BCUT2D eigenvalue weighted by atomic mass is 35.5. The van der Waals surface area contributed by atoms with E-state index in [1.165, 1.54) is 31.2 Å². The molecule has 3 heteroatoms. The quantitative estimate of drug-likeness (QED) is 0.892. The Hall–Kier alpha value is -1.12. The van der Waals surface area contributed by atoms with E-state index in [1.54, 1.807) is 0 Å². The Bertz CT molecular complexity index is 620. The summed E-state index contributed by atoms with van der Waals surface area (Å²) in [5.74, 6) is 1.85. The molecule has 0 amide bonds. The third-order valence-corrected chi connectivity index (χ3v) is 4.92. The second-order valence-electron chi connectivity index (χ2n) is 6.19. The topological polar surface area (TPSA) is 24.9 Å². The van der Waals surface area contributed by atoms with Crippen LogP contribution in [0.25, 0.3) is 10.9 Å². The molecule has 0 unspecified atom stereocenters. The maximum atomic E-state index is 6.25. The number of benzene rings is 1. The second-order valence-corrected chi connectivity index (χ2v) is 6.59. The van der Waals surface area contributed by atoms with Gasteiger partial charge in [0.1, 0.15) is 0 Å². The molecule has 0 bridgehead atoms. The lowest BCUT2D eigenvalue weighted by atomic mass is 10.1. The zero-order valence-electron chi connectivity index (χ0n) is 11.5. The molecule has 0 spiro atoms. The van der Waals surface area contributed by atoms with Gasteiger partial charge in [0, 0.05) is 29.2 Å². The highest BCUT2D eigenvalue weighted by Gasteiger charge is 2.40. The Morgan fingerprint density at radius 3 is 2.60 bits per heavy atom. The van der Waals surface area contributed by atoms with Gasteiger partial charge in [-0.25, -0.2) is 0 Å². The van der Waals surface area contributed by atoms with Crippen LogP contribution < -0.4 is 5.32 Å². The van der Waals surface area contributed by atoms with Crippen molar-refractivity contribution in [1.29, 1.82) is 0 Å². The molecule has 104 valence electrons. The van der Waals surface area contributed by atoms with Crippen molar-refractivity contribution in [2.24, 2.45) is 11.8 Å². The number of rotatable bonds is 5. The molecule has 0 aliphatic heterocycles. The minimum atomic E-state index is 0.726. The van der Waals surface area contributed by atoms with Crippen molar-refractivity contribution in [3.05, 3.63) is 41.0 Å². The molecule has 2 aliphatic carbocycles. The lowest BCUT2D eigenvalue weighted by molar-refractivity contribution is 0.416. The number of halogens is 1. The van der Waals surface area contributed by atoms with Crippen LogP contribution in [-0.2, 0) is 6.54 Å². The van der Waals surface area contributed by atoms with Gasteiger partial charge in [0.15, 0.2) is 0 Å². The Balaban J connectivity index is 1.57. The van der Waals surface area contributed by atoms with Gasteiger partial charge in [-0.1, -0.05) is 17.7 Å². The van der Waals surface area contributed by atoms with Crippen molar-refractivity contribution in [1.82, 2.24) is 10.3 Å². The average Bonchev–Trinajstić information content (AvgIpc) is 3.36. The van der Waals surface area contributed by atoms with Gasteiger partial charge in [0.25, 0.3) is 0 Å². The lowest BCUT2D eigenvalue weighted by Crippen LogP contribution is -2.32. The van der Waals surface area contributed by atoms with Gasteiger partial charge in [0.05, 0.1) is 5.52 Å². The Morgan fingerprint density at radius 1 is 1.15 bits per heavy atom. The maximum Gasteiger partial charge on any atom is 0.0761 e. The number of nitrogens with zero attached hydrogens (tertiary/aromatic N) is 1. The molecule has 2 fully saturated rings. The molecule has 1 N–H and O–H groups in total. The van der Waals surface area contributed by atoms with Gasteiger partial charge in [-0.05, 0) is 61.3 Å². The van der Waals surface area contributed by atoms with Crippen molar-refractivity contribution >= 4 is 22.5 Å². The van der Waals surface area contributed by atoms with Crippen molar-refractivity contribution in [3.63, 3.8) is 0 Å². The first-order valence-corrected chi connectivity index (χ1v) is 7.96. The van der Waals surface area contributed by atoms with E-state index in [-0.39, 0.29) is 0 Å². The van der Waals surface area contributed by atoms with Crippen LogP contribution in [0.2, 0.25) is 5.02 Å². The van der Waals surface area contributed by atoms with Gasteiger partial charge >= 0.3 is 0 Å². The van der Waals surface area contributed by atoms with Gasteiger partial charge in [0.2, 0.25) is 0 Å². The first-order chi connectivity index (χ1) is 9.83. The number of hydrogen-bond acceptors (Lipinski definition) is 2. The van der Waals surface area contributed by atoms with Crippen LogP contribution in [-0.4, -0.2) is 11.0 Å². The summed E-state index contributed by atoms with van der Waals surface area (Å²) in [7, 11) is 0. The van der Waals surface area contributed by atoms with Crippen molar-refractivity contribution < 1.29 is 0 Å². The Kier molecular flexibility index (Phi) is 3.16. The molecule has 2 aromatic rings. The number of pyridine rings is 1. The molecule has 1 aromatic heterocycles. The molecular weight excluding hydrogens is 268 g/mol. The normalized spacial score (nSPS) is 18.9. The fourth-order valence-electron chi connectivity index (χ4n) is 3.20. The van der Waals surface area contributed by atoms with E-state index in [2.05, 4.69) is 16.4 Å². The fraction of sp³-hybridized carbons (Fsp3) is 0.471. The first kappa shape index (κ1) is 12.6. The summed E-state index contributed by atoms with van der Waals surface area (Å²) < 4.78 is 0. The van der Waals surface area contributed by atoms with Crippen LogP contribution in [0.1, 0.15) is 31.2 Å². The summed E-state index contributed by atoms with van der Waals surface area (Å²) in [6.45, 7) is 0.905. The third-order valence-electron chi connectivity index (χ3n) is 4.59. The summed E-state index contributed by atoms with van der Waals surface area (Å²) in [5.41, 5.74) is 2.30. The number of nitrogens with one attached hydrogen (secondary N) is 1. The third kappa shape index (κ3) is 2.43. The molecule has 1 heterocycles. The van der Waals surface area contributed by atoms with Crippen molar-refractivity contribution in [2.45, 2.75) is 38.3 Å². The summed E-state index contributed by atoms with van der Waals surface area (Å²) in [4.78, 5) is 4.52. The Morgan fingerprint density at radius 2 is 1.90 bits per heavy atom. The summed E-state index contributed by atoms with van der Waals surface area (Å²) in [5, 5.41) is 5.64. The molecule has 2 nitrogen and oxygen atoms in total. The second kappa shape index (κ2) is 5.01. The highest BCUT2D eigenvalue weighted by molar-refractivity contribution is 6.35. The van der Waals surface area contributed by atoms with E-state index in [4.69, 9.17) is 11.6 Å². The summed E-state index contributed by atoms with van der Waals surface area (Å²) in [6, 6.07) is 8.83. The maximum absolute atomic E-state index is 6.25. The van der Waals surface area contributed by atoms with Crippen molar-refractivity contribution in [3.8, 4) is 0 Å². The SMILES string of the molecule is Clc1ccc(CNC(C2CC2)C2CC2)c2ncccc12. The van der Waals surface area contributed by atoms with Crippen LogP contribution in [0, 0.1) is 11.8 Å². The molecule has 2 aliphatic rings. The van der Waals surface area contributed by atoms with Gasteiger partial charge in [-0.3, -0.25) is 4.98 Å². The van der Waals surface area contributed by atoms with Crippen LogP contribution in [0.15, 0.2) is 30.5 Å². The summed E-state index contributed by atoms with van der Waals surface area (Å²) in [6.07, 6.45) is 7.49. The van der Waals surface area contributed by atoms with E-state index >= 15 is 0 Å². The van der Waals surface area contributed by atoms with Gasteiger partial charge < -0.3 is 5.32 Å². The monoisotopic (exact) mass is 286 g/mol. The van der Waals surface area contributed by atoms with Crippen LogP contribution >= 0.6 is 11.6 Å². The lowest BCUT2D eigenvalue weighted by Gasteiger charge is -2.18. The first-order valence-electron chi connectivity index (χ1n) is 7.58. The fourth-order valence-corrected chi connectivity index (χ4v) is 3.41. The number of hydrogen-bond donors (Lipinski definition) is 1. The predicted octanol–water partition coefficient (Wildman–Crippen LogP) is 4.17. The summed E-state index contributed by atoms with van der Waals surface area (Å²) >= 11 is 6.25. The molecule has 1 aromatic carbocycles. The van der Waals surface area contributed by atoms with Gasteiger partial charge in [-0.2, -0.15) is 0 Å². The van der Waals surface area contributed by atoms with E-state index in [0.29, 0.717) is 0 Å². The number of fused-ring (bicyclic) bond motifs is 1. The van der Waals surface area contributed by atoms with Crippen molar-refractivity contribution in [2.75, 3.05) is 0 Å². The molecule has 0 saturated heterocycles. The van der Waals surface area contributed by atoms with E-state index < -0.39 is 0 Å². The van der Waals surface area contributed by atoms with Crippen LogP contribution in [0.4, 0.5) is 0 Å². The van der Waals surface area contributed by atoms with E-state index in [1.807, 2.05) is 24.4 Å². The highest BCUT2D eigenvalue weighted by Crippen LogP contribution is 2.44. The smallest absolute Gasteiger partial charge is 0.0761 e. The molecule has 20 heavy (non-hydrogen) atoms. The average molecular weight is 287 g/mol. The number of aromatic nitrogens is 1. The van der Waals surface area contributed by atoms with E-state index in [9.17, 15) is 0 Å². The van der Waals surface area contributed by atoms with Crippen LogP contribution in [0.3, 0.4) is 0 Å². The van der Waals surface area contributed by atoms with Crippen LogP contribution in [0.5, 0.6) is 0 Å². The Labute approximate surface area is 124 Å². The predicted molar refractivity (Wildman–Crippen MR) is 82.8 cm³/mol. The zero-order valence-corrected chi connectivity index (χ0v) is 12.2. The molecule has 4 rings (SSSR count).